The maximum absolute atomic E-state index is 14.1. The molecule has 3 rings (SSSR count). The van der Waals surface area contributed by atoms with Crippen LogP contribution in [0.5, 0.6) is 0 Å². The van der Waals surface area contributed by atoms with Crippen molar-refractivity contribution in [2.24, 2.45) is 0 Å². The first-order chi connectivity index (χ1) is 12.5. The minimum absolute atomic E-state index is 0.0352. The molecule has 1 aliphatic rings. The summed E-state index contributed by atoms with van der Waals surface area (Å²) >= 11 is 0. The molecule has 1 aromatic heterocycles. The largest absolute Gasteiger partial charge is 0.480 e. The molecular formula is C17H17F2N3O4. The van der Waals surface area contributed by atoms with Gasteiger partial charge in [-0.25, -0.2) is 18.3 Å². The number of rotatable bonds is 7. The van der Waals surface area contributed by atoms with Gasteiger partial charge in [-0.1, -0.05) is 6.07 Å². The van der Waals surface area contributed by atoms with Crippen LogP contribution in [0.4, 0.5) is 8.78 Å². The lowest BCUT2D eigenvalue weighted by atomic mass is 10.2. The van der Waals surface area contributed by atoms with Gasteiger partial charge in [0.2, 0.25) is 0 Å². The van der Waals surface area contributed by atoms with Gasteiger partial charge >= 0.3 is 5.97 Å². The summed E-state index contributed by atoms with van der Waals surface area (Å²) in [4.78, 5) is 22.7. The number of hydrogen-bond donors (Lipinski definition) is 2. The van der Waals surface area contributed by atoms with Crippen LogP contribution in [0, 0.1) is 11.6 Å². The van der Waals surface area contributed by atoms with Crippen LogP contribution in [0.15, 0.2) is 18.2 Å². The Hall–Kier alpha value is -2.81. The Morgan fingerprint density at radius 3 is 2.88 bits per heavy atom. The zero-order chi connectivity index (χ0) is 18.7. The lowest BCUT2D eigenvalue weighted by Gasteiger charge is -2.07. The zero-order valence-electron chi connectivity index (χ0n) is 13.8. The van der Waals surface area contributed by atoms with Gasteiger partial charge in [0, 0.05) is 17.8 Å². The van der Waals surface area contributed by atoms with Crippen molar-refractivity contribution in [2.75, 3.05) is 19.8 Å². The van der Waals surface area contributed by atoms with E-state index in [2.05, 4.69) is 10.4 Å². The summed E-state index contributed by atoms with van der Waals surface area (Å²) in [7, 11) is 0. The molecule has 0 aliphatic heterocycles. The molecule has 26 heavy (non-hydrogen) atoms. The van der Waals surface area contributed by atoms with Crippen LogP contribution in [-0.4, -0.2) is 46.5 Å². The molecule has 9 heteroatoms. The highest BCUT2D eigenvalue weighted by Crippen LogP contribution is 2.29. The maximum atomic E-state index is 14.1. The Bertz CT molecular complexity index is 851. The fraction of sp³-hybridized carbons (Fsp3) is 0.353. The van der Waals surface area contributed by atoms with Gasteiger partial charge in [-0.15, -0.1) is 0 Å². The molecule has 0 unspecified atom stereocenters. The number of hydrogen-bond acceptors (Lipinski definition) is 4. The van der Waals surface area contributed by atoms with Gasteiger partial charge in [0.25, 0.3) is 5.91 Å². The standard InChI is InChI=1S/C17H17F2N3O4/c18-11-4-2-6-13(15(11)19)22-12-5-1-3-10(12)16(21-22)17(25)20-7-8-26-9-14(23)24/h2,4,6H,1,3,5,7-9H2,(H,20,25)(H,23,24). The topological polar surface area (TPSA) is 93.4 Å². The summed E-state index contributed by atoms with van der Waals surface area (Å²) in [6, 6.07) is 3.81. The molecule has 1 heterocycles. The molecule has 0 spiro atoms. The van der Waals surface area contributed by atoms with Crippen LogP contribution in [0.2, 0.25) is 0 Å². The fourth-order valence-corrected chi connectivity index (χ4v) is 2.95. The smallest absolute Gasteiger partial charge is 0.329 e. The zero-order valence-corrected chi connectivity index (χ0v) is 13.8. The summed E-state index contributed by atoms with van der Waals surface area (Å²) in [5, 5.41) is 15.3. The lowest BCUT2D eigenvalue weighted by Crippen LogP contribution is -2.29. The molecule has 2 aromatic rings. The summed E-state index contributed by atoms with van der Waals surface area (Å²) in [5.74, 6) is -3.55. The molecule has 0 radical (unpaired) electrons. The molecule has 138 valence electrons. The van der Waals surface area contributed by atoms with Crippen LogP contribution in [-0.2, 0) is 22.4 Å². The number of amides is 1. The second kappa shape index (κ2) is 7.61. The maximum Gasteiger partial charge on any atom is 0.329 e. The molecule has 0 bridgehead atoms. The predicted octanol–water partition coefficient (Wildman–Crippen LogP) is 1.47. The van der Waals surface area contributed by atoms with Crippen LogP contribution in [0.25, 0.3) is 5.69 Å². The number of aliphatic carboxylic acids is 1. The first kappa shape index (κ1) is 18.0. The van der Waals surface area contributed by atoms with Crippen molar-refractivity contribution in [3.8, 4) is 5.69 Å². The van der Waals surface area contributed by atoms with Gasteiger partial charge in [0.05, 0.1) is 6.61 Å². The second-order valence-electron chi connectivity index (χ2n) is 5.81. The third-order valence-corrected chi connectivity index (χ3v) is 4.06. The third kappa shape index (κ3) is 3.57. The molecule has 0 atom stereocenters. The Morgan fingerprint density at radius 2 is 2.12 bits per heavy atom. The number of nitrogens with zero attached hydrogens (tertiary/aromatic N) is 2. The number of benzene rings is 1. The van der Waals surface area contributed by atoms with Gasteiger partial charge in [-0.3, -0.25) is 4.79 Å². The lowest BCUT2D eigenvalue weighted by molar-refractivity contribution is -0.142. The van der Waals surface area contributed by atoms with Crippen LogP contribution in [0.3, 0.4) is 0 Å². The Balaban J connectivity index is 1.78. The quantitative estimate of drug-likeness (QED) is 0.725. The average Bonchev–Trinajstić information content (AvgIpc) is 3.19. The number of carboxylic acids is 1. The van der Waals surface area contributed by atoms with Crippen LogP contribution >= 0.6 is 0 Å². The number of carboxylic acid groups (broad SMARTS) is 1. The van der Waals surface area contributed by atoms with Crippen LogP contribution < -0.4 is 5.32 Å². The van der Waals surface area contributed by atoms with E-state index in [0.29, 0.717) is 18.5 Å². The van der Waals surface area contributed by atoms with Crippen molar-refractivity contribution < 1.29 is 28.2 Å². The molecule has 0 saturated heterocycles. The van der Waals surface area contributed by atoms with Gasteiger partial charge in [0.1, 0.15) is 12.3 Å². The van der Waals surface area contributed by atoms with Crippen molar-refractivity contribution in [2.45, 2.75) is 19.3 Å². The SMILES string of the molecule is O=C(O)COCCNC(=O)c1nn(-c2cccc(F)c2F)c2c1CCC2. The van der Waals surface area contributed by atoms with E-state index in [0.717, 1.165) is 18.1 Å². The normalized spacial score (nSPS) is 12.8. The van der Waals surface area contributed by atoms with Crippen LogP contribution in [0.1, 0.15) is 28.2 Å². The van der Waals surface area contributed by atoms with E-state index < -0.39 is 30.1 Å². The molecule has 0 fully saturated rings. The summed E-state index contributed by atoms with van der Waals surface area (Å²) < 4.78 is 33.8. The van der Waals surface area contributed by atoms with Crippen molar-refractivity contribution in [3.63, 3.8) is 0 Å². The second-order valence-corrected chi connectivity index (χ2v) is 5.81. The first-order valence-corrected chi connectivity index (χ1v) is 8.12. The Morgan fingerprint density at radius 1 is 1.31 bits per heavy atom. The highest BCUT2D eigenvalue weighted by Gasteiger charge is 2.28. The average molecular weight is 365 g/mol. The van der Waals surface area contributed by atoms with Gasteiger partial charge in [-0.2, -0.15) is 5.10 Å². The molecule has 1 aromatic carbocycles. The van der Waals surface area contributed by atoms with Crippen molar-refractivity contribution >= 4 is 11.9 Å². The van der Waals surface area contributed by atoms with E-state index in [1.54, 1.807) is 0 Å². The molecule has 2 N–H and O–H groups in total. The van der Waals surface area contributed by atoms with Gasteiger partial charge < -0.3 is 15.2 Å². The highest BCUT2D eigenvalue weighted by atomic mass is 19.2. The number of halogens is 2. The van der Waals surface area contributed by atoms with E-state index in [9.17, 15) is 18.4 Å². The van der Waals surface area contributed by atoms with E-state index in [1.807, 2.05) is 0 Å². The number of aromatic nitrogens is 2. The highest BCUT2D eigenvalue weighted by molar-refractivity contribution is 5.94. The monoisotopic (exact) mass is 365 g/mol. The molecule has 1 amide bonds. The number of carbonyl (C=O) groups is 2. The molecular weight excluding hydrogens is 348 g/mol. The number of carbonyl (C=O) groups excluding carboxylic acids is 1. The van der Waals surface area contributed by atoms with E-state index in [-0.39, 0.29) is 24.5 Å². The van der Waals surface area contributed by atoms with E-state index in [1.165, 1.54) is 16.8 Å². The minimum atomic E-state index is -1.09. The van der Waals surface area contributed by atoms with Crippen molar-refractivity contribution in [1.82, 2.24) is 15.1 Å². The number of fused-ring (bicyclic) bond motifs is 1. The molecule has 0 saturated carbocycles. The Labute approximate surface area is 147 Å². The van der Waals surface area contributed by atoms with E-state index >= 15 is 0 Å². The summed E-state index contributed by atoms with van der Waals surface area (Å²) in [6.45, 7) is -0.291. The minimum Gasteiger partial charge on any atom is -0.480 e. The van der Waals surface area contributed by atoms with Crippen molar-refractivity contribution in [1.29, 1.82) is 0 Å². The third-order valence-electron chi connectivity index (χ3n) is 4.06. The summed E-state index contributed by atoms with van der Waals surface area (Å²) in [6.07, 6.45) is 2.05. The van der Waals surface area contributed by atoms with Crippen molar-refractivity contribution in [3.05, 3.63) is 46.8 Å². The molecule has 7 nitrogen and oxygen atoms in total. The Kier molecular flexibility index (Phi) is 5.27. The van der Waals surface area contributed by atoms with E-state index in [4.69, 9.17) is 9.84 Å². The summed E-state index contributed by atoms with van der Waals surface area (Å²) in [5.41, 5.74) is 1.55. The fourth-order valence-electron chi connectivity index (χ4n) is 2.95. The number of nitrogens with one attached hydrogen (secondary N) is 1. The number of ether oxygens (including phenoxy) is 1. The van der Waals surface area contributed by atoms with Gasteiger partial charge in [0.15, 0.2) is 17.3 Å². The predicted molar refractivity (Wildman–Crippen MR) is 86.3 cm³/mol. The molecule has 1 aliphatic carbocycles. The van der Waals surface area contributed by atoms with Gasteiger partial charge in [-0.05, 0) is 31.4 Å². The first-order valence-electron chi connectivity index (χ1n) is 8.12.